The standard InChI is InChI=1S/C72H90N6O16/c1-11-51-43(3)55-40-57-45(5)53(24-27-66(83)89-9)70(77-57)54(39-68(85)90-10)71-69(46(6)58(78-71)42-60-52(12-2)44(4)56(76-60)41-59(51)75-55)72(86)74-29-15-31-92-33-35-93-34-32-91-30-14-28-73-65(82)16-13-17-67(84)94-62-26-21-48(37-64(62)88-8)19-23-50(80)38-49(79)22-18-47-20-25-61(81)63(36-47)87-7/h11,18-23,25-26,36-37,40,45,53-54,56,75,78,81H,1,12-17,24,27-35,38-39,41-42H2,2-10H3,(H,73,82)(H,74,86)/b22-18+,23-19+,57-40?. The first-order valence-electron chi connectivity index (χ1n) is 32.0. The summed E-state index contributed by atoms with van der Waals surface area (Å²) in [6.07, 6.45) is 13.0. The second-order valence-corrected chi connectivity index (χ2v) is 23.3. The van der Waals surface area contributed by atoms with Gasteiger partial charge in [-0.15, -0.1) is 0 Å². The molecular formula is C72H90N6O16. The molecule has 22 heteroatoms. The number of hydrogen-bond acceptors (Lipinski definition) is 18. The van der Waals surface area contributed by atoms with E-state index in [0.29, 0.717) is 113 Å². The van der Waals surface area contributed by atoms with Gasteiger partial charge >= 0.3 is 17.9 Å². The quantitative estimate of drug-likeness (QED) is 0.00941. The Morgan fingerprint density at radius 2 is 1.36 bits per heavy atom. The van der Waals surface area contributed by atoms with Crippen molar-refractivity contribution in [2.45, 2.75) is 124 Å². The summed E-state index contributed by atoms with van der Waals surface area (Å²) in [5.74, 6) is -3.21. The summed E-state index contributed by atoms with van der Waals surface area (Å²) in [6, 6.07) is 9.27. The number of amides is 2. The Morgan fingerprint density at radius 1 is 0.723 bits per heavy atom. The van der Waals surface area contributed by atoms with Crippen LogP contribution in [0.2, 0.25) is 0 Å². The number of aromatic nitrogens is 2. The van der Waals surface area contributed by atoms with Gasteiger partial charge in [-0.2, -0.15) is 0 Å². The van der Waals surface area contributed by atoms with Crippen molar-refractivity contribution < 1.29 is 76.6 Å². The number of nitrogens with zero attached hydrogens (tertiary/aromatic N) is 2. The SMILES string of the molecule is C=Cc1c2[nH]c(c1C)C=C1N=C(C(CC(=O)OC)c3[nH]c(c(C)c3C(=O)NCCCOCCOCCOCCCNC(=O)CCCC(=O)Oc3ccc(/C=C/C(=O)CC(=O)/C=C/c4ccc(O)c(OC)c4)cc3OC)CC3=NC(C2)C(C)=C3CC)C(CCC(=O)OC)C1C. The summed E-state index contributed by atoms with van der Waals surface area (Å²) in [7, 11) is 5.54. The predicted molar refractivity (Wildman–Crippen MR) is 358 cm³/mol. The van der Waals surface area contributed by atoms with Gasteiger partial charge in [0.15, 0.2) is 34.6 Å². The number of methoxy groups -OCH3 is 4. The minimum absolute atomic E-state index is 0.00834. The number of benzene rings is 2. The molecule has 5 heterocycles. The highest BCUT2D eigenvalue weighted by atomic mass is 16.6. The summed E-state index contributed by atoms with van der Waals surface area (Å²) in [6.45, 7) is 17.4. The van der Waals surface area contributed by atoms with E-state index in [9.17, 15) is 38.7 Å². The first-order chi connectivity index (χ1) is 45.3. The van der Waals surface area contributed by atoms with Crippen molar-refractivity contribution in [2.75, 3.05) is 81.2 Å². The zero-order valence-corrected chi connectivity index (χ0v) is 55.6. The molecule has 504 valence electrons. The summed E-state index contributed by atoms with van der Waals surface area (Å²) in [5, 5.41) is 15.7. The lowest BCUT2D eigenvalue weighted by Crippen LogP contribution is -2.30. The average molecular weight is 1300 g/mol. The fourth-order valence-corrected chi connectivity index (χ4v) is 11.9. The largest absolute Gasteiger partial charge is 0.504 e. The number of ether oxygens (including phenoxy) is 8. The molecule has 0 spiro atoms. The van der Waals surface area contributed by atoms with E-state index in [2.05, 4.69) is 61.0 Å². The molecule has 8 bridgehead atoms. The van der Waals surface area contributed by atoms with Crippen LogP contribution < -0.4 is 24.8 Å². The molecule has 3 aliphatic rings. The summed E-state index contributed by atoms with van der Waals surface area (Å²) >= 11 is 0. The van der Waals surface area contributed by atoms with Crippen molar-refractivity contribution in [3.05, 3.63) is 128 Å². The van der Waals surface area contributed by atoms with E-state index in [1.54, 1.807) is 24.3 Å². The number of aliphatic imine (C=N–C) groups is 2. The van der Waals surface area contributed by atoms with Crippen LogP contribution in [0.25, 0.3) is 24.3 Å². The van der Waals surface area contributed by atoms with Crippen LogP contribution in [-0.2, 0) is 65.3 Å². The lowest BCUT2D eigenvalue weighted by Gasteiger charge is -2.24. The number of allylic oxidation sites excluding steroid dienone is 4. The van der Waals surface area contributed by atoms with Gasteiger partial charge < -0.3 is 63.6 Å². The summed E-state index contributed by atoms with van der Waals surface area (Å²) < 4.78 is 43.6. The van der Waals surface area contributed by atoms with Gasteiger partial charge in [0.25, 0.3) is 5.91 Å². The van der Waals surface area contributed by atoms with Crippen LogP contribution in [0.15, 0.2) is 82.0 Å². The maximum absolute atomic E-state index is 14.6. The van der Waals surface area contributed by atoms with Crippen molar-refractivity contribution in [1.29, 1.82) is 0 Å². The summed E-state index contributed by atoms with van der Waals surface area (Å²) in [4.78, 5) is 109. The zero-order valence-electron chi connectivity index (χ0n) is 55.6. The van der Waals surface area contributed by atoms with Gasteiger partial charge in [-0.05, 0) is 134 Å². The molecule has 4 atom stereocenters. The molecule has 22 nitrogen and oxygen atoms in total. The number of carbonyl (C=O) groups is 7. The third-order valence-corrected chi connectivity index (χ3v) is 17.1. The van der Waals surface area contributed by atoms with E-state index in [1.165, 1.54) is 76.0 Å². The lowest BCUT2D eigenvalue weighted by atomic mass is 9.79. The predicted octanol–water partition coefficient (Wildman–Crippen LogP) is 10.0. The van der Waals surface area contributed by atoms with Crippen LogP contribution in [0.5, 0.6) is 23.0 Å². The molecule has 4 aromatic rings. The fraction of sp³-hybridized carbons (Fsp3) is 0.458. The Labute approximate surface area is 549 Å². The molecule has 94 heavy (non-hydrogen) atoms. The second kappa shape index (κ2) is 35.9. The fourth-order valence-electron chi connectivity index (χ4n) is 11.9. The van der Waals surface area contributed by atoms with E-state index in [0.717, 1.165) is 51.6 Å². The van der Waals surface area contributed by atoms with Gasteiger partial charge in [-0.3, -0.25) is 43.5 Å². The Morgan fingerprint density at radius 3 is 2.00 bits per heavy atom. The number of hydrogen-bond donors (Lipinski definition) is 5. The molecule has 0 saturated heterocycles. The topological polar surface area (TPSA) is 294 Å². The minimum Gasteiger partial charge on any atom is -0.504 e. The molecule has 4 unspecified atom stereocenters. The zero-order chi connectivity index (χ0) is 67.8. The van der Waals surface area contributed by atoms with Gasteiger partial charge in [0.2, 0.25) is 5.91 Å². The number of nitrogens with one attached hydrogen (secondary N) is 4. The Bertz CT molecular complexity index is 3600. The maximum atomic E-state index is 14.6. The molecule has 0 radical (unpaired) electrons. The van der Waals surface area contributed by atoms with Gasteiger partial charge in [0.05, 0.1) is 79.3 Å². The van der Waals surface area contributed by atoms with Gasteiger partial charge in [0.1, 0.15) is 0 Å². The van der Waals surface area contributed by atoms with Crippen molar-refractivity contribution in [1.82, 2.24) is 20.6 Å². The van der Waals surface area contributed by atoms with Crippen LogP contribution in [0, 0.1) is 25.7 Å². The first kappa shape index (κ1) is 72.4. The van der Waals surface area contributed by atoms with Gasteiger partial charge in [0, 0.05) is 116 Å². The number of fused-ring (bicyclic) bond motifs is 6. The van der Waals surface area contributed by atoms with Crippen LogP contribution >= 0.6 is 0 Å². The second-order valence-electron chi connectivity index (χ2n) is 23.3. The molecule has 0 fully saturated rings. The van der Waals surface area contributed by atoms with Gasteiger partial charge in [-0.1, -0.05) is 50.8 Å². The molecule has 5 N–H and O–H groups in total. The minimum atomic E-state index is -0.709. The van der Waals surface area contributed by atoms with Crippen molar-refractivity contribution >= 4 is 77.0 Å². The number of H-pyrrole nitrogens is 2. The van der Waals surface area contributed by atoms with E-state index in [1.807, 2.05) is 13.0 Å². The molecule has 0 saturated carbocycles. The molecule has 2 amide bonds. The molecule has 0 aliphatic carbocycles. The van der Waals surface area contributed by atoms with Crippen molar-refractivity contribution in [3.63, 3.8) is 0 Å². The molecule has 2 aromatic heterocycles. The number of carbonyl (C=O) groups excluding carboxylic acids is 7. The number of rotatable bonds is 35. The monoisotopic (exact) mass is 1290 g/mol. The van der Waals surface area contributed by atoms with Crippen LogP contribution in [0.3, 0.4) is 0 Å². The third kappa shape index (κ3) is 19.8. The first-order valence-corrected chi connectivity index (χ1v) is 32.0. The number of phenolic OH excluding ortho intramolecular Hbond substituents is 1. The number of aromatic hydroxyl groups is 1. The molecular weight excluding hydrogens is 1200 g/mol. The Balaban J connectivity index is 0.810. The maximum Gasteiger partial charge on any atom is 0.311 e. The van der Waals surface area contributed by atoms with Crippen molar-refractivity contribution in [3.8, 4) is 23.0 Å². The van der Waals surface area contributed by atoms with E-state index in [4.69, 9.17) is 47.9 Å². The van der Waals surface area contributed by atoms with Crippen molar-refractivity contribution in [2.24, 2.45) is 21.8 Å². The Hall–Kier alpha value is -8.99. The number of aromatic amines is 2. The third-order valence-electron chi connectivity index (χ3n) is 17.1. The van der Waals surface area contributed by atoms with E-state index in [-0.39, 0.29) is 97.2 Å². The highest BCUT2D eigenvalue weighted by Gasteiger charge is 2.41. The summed E-state index contributed by atoms with van der Waals surface area (Å²) in [5.41, 5.74) is 12.5. The van der Waals surface area contributed by atoms with Crippen LogP contribution in [0.4, 0.5) is 0 Å². The highest BCUT2D eigenvalue weighted by molar-refractivity contribution is 6.11. The molecule has 3 aliphatic heterocycles. The molecule has 7 rings (SSSR count). The molecule has 2 aromatic carbocycles. The van der Waals surface area contributed by atoms with Gasteiger partial charge in [-0.25, -0.2) is 0 Å². The van der Waals surface area contributed by atoms with Crippen LogP contribution in [0.1, 0.15) is 152 Å². The van der Waals surface area contributed by atoms with E-state index < -0.39 is 29.4 Å². The smallest absolute Gasteiger partial charge is 0.311 e. The Kier molecular flexibility index (Phi) is 27.7. The van der Waals surface area contributed by atoms with E-state index >= 15 is 0 Å². The highest BCUT2D eigenvalue weighted by Crippen LogP contribution is 2.44. The number of phenols is 1. The average Bonchev–Trinajstić information content (AvgIpc) is 1.61. The number of ketones is 2. The lowest BCUT2D eigenvalue weighted by molar-refractivity contribution is -0.141. The normalized spacial score (nSPS) is 16.8. The number of esters is 3. The van der Waals surface area contributed by atoms with Crippen LogP contribution in [-0.4, -0.2) is 155 Å².